The van der Waals surface area contributed by atoms with E-state index < -0.39 is 0 Å². The number of fused-ring (bicyclic) bond motifs is 1. The van der Waals surface area contributed by atoms with Gasteiger partial charge < -0.3 is 0 Å². The Hall–Kier alpha value is -2.86. The molecule has 4 aromatic rings. The van der Waals surface area contributed by atoms with E-state index in [1.165, 1.54) is 44.2 Å². The van der Waals surface area contributed by atoms with Gasteiger partial charge in [0.15, 0.2) is 0 Å². The molecule has 0 N–H and O–H groups in total. The Kier molecular flexibility index (Phi) is 5.06. The van der Waals surface area contributed by atoms with E-state index in [9.17, 15) is 0 Å². The van der Waals surface area contributed by atoms with E-state index >= 15 is 0 Å². The summed E-state index contributed by atoms with van der Waals surface area (Å²) in [7, 11) is 0. The fraction of sp³-hybridized carbons (Fsp3) is 0.267. The van der Waals surface area contributed by atoms with Gasteiger partial charge in [-0.25, -0.2) is 0 Å². The zero-order valence-corrected chi connectivity index (χ0v) is 19.1. The first kappa shape index (κ1) is 20.4. The second-order valence-electron chi connectivity index (χ2n) is 10.3. The van der Waals surface area contributed by atoms with Crippen LogP contribution in [0.25, 0.3) is 33.0 Å². The molecule has 0 bridgehead atoms. The molecular weight excluding hydrogens is 360 g/mol. The molecule has 0 radical (unpaired) electrons. The number of benzene rings is 4. The fourth-order valence-electron chi connectivity index (χ4n) is 4.74. The molecule has 0 saturated heterocycles. The van der Waals surface area contributed by atoms with Crippen LogP contribution in [0.15, 0.2) is 84.9 Å². The van der Waals surface area contributed by atoms with Crippen LogP contribution in [-0.4, -0.2) is 0 Å². The molecule has 0 heterocycles. The SMILES string of the molecule is CC(C)(C)c1c(-c2ccccc2)ccc2c(C(C)(C)C)c(-c3ccccc3)ccc12. The Balaban J connectivity index is 2.12. The lowest BCUT2D eigenvalue weighted by molar-refractivity contribution is 0.592. The molecule has 0 nitrogen and oxygen atoms in total. The van der Waals surface area contributed by atoms with Gasteiger partial charge in [0.1, 0.15) is 0 Å². The normalized spacial score (nSPS) is 12.3. The van der Waals surface area contributed by atoms with Crippen LogP contribution in [0.1, 0.15) is 52.7 Å². The molecule has 4 rings (SSSR count). The van der Waals surface area contributed by atoms with Crippen molar-refractivity contribution >= 4 is 10.8 Å². The van der Waals surface area contributed by atoms with Crippen LogP contribution in [0.5, 0.6) is 0 Å². The van der Waals surface area contributed by atoms with Crippen molar-refractivity contribution in [2.75, 3.05) is 0 Å². The summed E-state index contributed by atoms with van der Waals surface area (Å²) >= 11 is 0. The lowest BCUT2D eigenvalue weighted by Crippen LogP contribution is -2.17. The average Bonchev–Trinajstić information content (AvgIpc) is 2.71. The molecule has 0 unspecified atom stereocenters. The number of hydrogen-bond acceptors (Lipinski definition) is 0. The largest absolute Gasteiger partial charge is 0.0622 e. The minimum atomic E-state index is 0.0358. The summed E-state index contributed by atoms with van der Waals surface area (Å²) in [5.74, 6) is 0. The molecule has 0 heteroatoms. The van der Waals surface area contributed by atoms with Crippen LogP contribution < -0.4 is 0 Å². The summed E-state index contributed by atoms with van der Waals surface area (Å²) in [4.78, 5) is 0. The molecule has 0 fully saturated rings. The first-order chi connectivity index (χ1) is 14.2. The van der Waals surface area contributed by atoms with Crippen molar-refractivity contribution in [3.05, 3.63) is 96.1 Å². The smallest absolute Gasteiger partial charge is 0.0120 e. The van der Waals surface area contributed by atoms with Crippen molar-refractivity contribution in [1.29, 1.82) is 0 Å². The summed E-state index contributed by atoms with van der Waals surface area (Å²) in [6.45, 7) is 14.0. The molecule has 0 aromatic heterocycles. The average molecular weight is 393 g/mol. The Bertz CT molecular complexity index is 1070. The predicted octanol–water partition coefficient (Wildman–Crippen LogP) is 8.77. The molecule has 0 spiro atoms. The van der Waals surface area contributed by atoms with Crippen LogP contribution in [0.2, 0.25) is 0 Å². The number of hydrogen-bond donors (Lipinski definition) is 0. The monoisotopic (exact) mass is 392 g/mol. The maximum atomic E-state index is 2.35. The summed E-state index contributed by atoms with van der Waals surface area (Å²) in [5.41, 5.74) is 8.17. The molecular formula is C30H32. The third kappa shape index (κ3) is 3.67. The van der Waals surface area contributed by atoms with E-state index in [0.29, 0.717) is 0 Å². The van der Waals surface area contributed by atoms with Crippen molar-refractivity contribution in [1.82, 2.24) is 0 Å². The van der Waals surface area contributed by atoms with Gasteiger partial charge in [-0.05, 0) is 55.0 Å². The zero-order valence-electron chi connectivity index (χ0n) is 19.1. The molecule has 4 aromatic carbocycles. The van der Waals surface area contributed by atoms with Gasteiger partial charge in [0.2, 0.25) is 0 Å². The predicted molar refractivity (Wildman–Crippen MR) is 132 cm³/mol. The first-order valence-electron chi connectivity index (χ1n) is 10.9. The summed E-state index contributed by atoms with van der Waals surface area (Å²) in [6.07, 6.45) is 0. The van der Waals surface area contributed by atoms with E-state index in [1.54, 1.807) is 0 Å². The van der Waals surface area contributed by atoms with Gasteiger partial charge in [0.05, 0.1) is 0 Å². The fourth-order valence-corrected chi connectivity index (χ4v) is 4.74. The van der Waals surface area contributed by atoms with Crippen molar-refractivity contribution in [2.24, 2.45) is 0 Å². The van der Waals surface area contributed by atoms with Crippen molar-refractivity contribution in [3.8, 4) is 22.3 Å². The third-order valence-corrected chi connectivity index (χ3v) is 5.87. The van der Waals surface area contributed by atoms with Crippen molar-refractivity contribution < 1.29 is 0 Å². The molecule has 0 amide bonds. The maximum absolute atomic E-state index is 2.35. The summed E-state index contributed by atoms with van der Waals surface area (Å²) < 4.78 is 0. The summed E-state index contributed by atoms with van der Waals surface area (Å²) in [6, 6.07) is 30.9. The molecule has 0 saturated carbocycles. The third-order valence-electron chi connectivity index (χ3n) is 5.87. The summed E-state index contributed by atoms with van der Waals surface area (Å²) in [5, 5.41) is 2.74. The second kappa shape index (κ2) is 7.43. The van der Waals surface area contributed by atoms with Gasteiger partial charge in [0, 0.05) is 0 Å². The van der Waals surface area contributed by atoms with Gasteiger partial charge >= 0.3 is 0 Å². The van der Waals surface area contributed by atoms with E-state index in [0.717, 1.165) is 0 Å². The molecule has 0 aliphatic heterocycles. The van der Waals surface area contributed by atoms with Gasteiger partial charge in [-0.3, -0.25) is 0 Å². The quantitative estimate of drug-likeness (QED) is 0.320. The lowest BCUT2D eigenvalue weighted by atomic mass is 9.74. The van der Waals surface area contributed by atoms with E-state index in [2.05, 4.69) is 126 Å². The minimum absolute atomic E-state index is 0.0358. The maximum Gasteiger partial charge on any atom is -0.0120 e. The first-order valence-corrected chi connectivity index (χ1v) is 10.9. The van der Waals surface area contributed by atoms with Crippen LogP contribution in [0, 0.1) is 0 Å². The highest BCUT2D eigenvalue weighted by Crippen LogP contribution is 2.44. The number of rotatable bonds is 2. The van der Waals surface area contributed by atoms with E-state index in [4.69, 9.17) is 0 Å². The van der Waals surface area contributed by atoms with E-state index in [-0.39, 0.29) is 10.8 Å². The topological polar surface area (TPSA) is 0 Å². The highest BCUT2D eigenvalue weighted by atomic mass is 14.3. The van der Waals surface area contributed by atoms with Crippen LogP contribution in [0.4, 0.5) is 0 Å². The Morgan fingerprint density at radius 2 is 0.733 bits per heavy atom. The van der Waals surface area contributed by atoms with Crippen molar-refractivity contribution in [3.63, 3.8) is 0 Å². The molecule has 0 aliphatic carbocycles. The highest BCUT2D eigenvalue weighted by Gasteiger charge is 2.27. The van der Waals surface area contributed by atoms with Gasteiger partial charge in [-0.1, -0.05) is 126 Å². The molecule has 152 valence electrons. The Labute approximate surface area is 181 Å². The van der Waals surface area contributed by atoms with Gasteiger partial charge in [-0.15, -0.1) is 0 Å². The van der Waals surface area contributed by atoms with Crippen LogP contribution in [-0.2, 0) is 10.8 Å². The minimum Gasteiger partial charge on any atom is -0.0622 e. The Morgan fingerprint density at radius 1 is 0.400 bits per heavy atom. The zero-order chi connectivity index (χ0) is 21.5. The standard InChI is InChI=1S/C30H32/c1-29(2,3)27-23(21-13-9-7-10-14-21)17-20-26-25(27)19-18-24(28(26)30(4,5)6)22-15-11-8-12-16-22/h7-20H,1-6H3. The molecule has 0 aliphatic rings. The van der Waals surface area contributed by atoms with Gasteiger partial charge in [-0.2, -0.15) is 0 Å². The second-order valence-corrected chi connectivity index (χ2v) is 10.3. The lowest BCUT2D eigenvalue weighted by Gasteiger charge is -2.30. The van der Waals surface area contributed by atoms with Gasteiger partial charge in [0.25, 0.3) is 0 Å². The molecule has 30 heavy (non-hydrogen) atoms. The van der Waals surface area contributed by atoms with E-state index in [1.807, 2.05) is 0 Å². The molecule has 0 atom stereocenters. The highest BCUT2D eigenvalue weighted by molar-refractivity contribution is 5.99. The van der Waals surface area contributed by atoms with Crippen molar-refractivity contribution in [2.45, 2.75) is 52.4 Å². The van der Waals surface area contributed by atoms with Crippen LogP contribution in [0.3, 0.4) is 0 Å². The van der Waals surface area contributed by atoms with Crippen LogP contribution >= 0.6 is 0 Å². The Morgan fingerprint density at radius 3 is 1.03 bits per heavy atom.